The number of aryl methyl sites for hydroxylation is 2. The van der Waals surface area contributed by atoms with Gasteiger partial charge in [-0.1, -0.05) is 6.07 Å². The van der Waals surface area contributed by atoms with E-state index in [0.717, 1.165) is 30.0 Å². The SMILES string of the molecule is Cc1c(N)cnn1CCc1ccccn1. The van der Waals surface area contributed by atoms with Crippen molar-refractivity contribution < 1.29 is 0 Å². The van der Waals surface area contributed by atoms with E-state index in [4.69, 9.17) is 5.73 Å². The summed E-state index contributed by atoms with van der Waals surface area (Å²) in [6.07, 6.45) is 4.37. The van der Waals surface area contributed by atoms with Gasteiger partial charge in [-0.2, -0.15) is 5.10 Å². The molecule has 0 aliphatic carbocycles. The number of nitrogen functional groups attached to an aromatic ring is 1. The van der Waals surface area contributed by atoms with Crippen LogP contribution in [0.3, 0.4) is 0 Å². The Morgan fingerprint density at radius 2 is 2.27 bits per heavy atom. The van der Waals surface area contributed by atoms with Gasteiger partial charge >= 0.3 is 0 Å². The van der Waals surface area contributed by atoms with Gasteiger partial charge in [0.15, 0.2) is 0 Å². The first-order chi connectivity index (χ1) is 7.27. The lowest BCUT2D eigenvalue weighted by molar-refractivity contribution is 0.593. The molecule has 2 aromatic heterocycles. The highest BCUT2D eigenvalue weighted by atomic mass is 15.3. The second-order valence-electron chi connectivity index (χ2n) is 3.48. The Bertz CT molecular complexity index is 433. The van der Waals surface area contributed by atoms with Crippen LogP contribution in [0.1, 0.15) is 11.4 Å². The summed E-state index contributed by atoms with van der Waals surface area (Å²) in [6, 6.07) is 5.93. The van der Waals surface area contributed by atoms with E-state index in [1.54, 1.807) is 12.4 Å². The lowest BCUT2D eigenvalue weighted by Crippen LogP contribution is -2.06. The third-order valence-corrected chi connectivity index (χ3v) is 2.45. The van der Waals surface area contributed by atoms with Crippen molar-refractivity contribution in [3.8, 4) is 0 Å². The van der Waals surface area contributed by atoms with Gasteiger partial charge in [0.1, 0.15) is 0 Å². The van der Waals surface area contributed by atoms with E-state index in [0.29, 0.717) is 0 Å². The quantitative estimate of drug-likeness (QED) is 0.818. The third kappa shape index (κ3) is 2.15. The molecule has 4 heteroatoms. The largest absolute Gasteiger partial charge is 0.396 e. The Kier molecular flexibility index (Phi) is 2.67. The van der Waals surface area contributed by atoms with Gasteiger partial charge in [0, 0.05) is 24.9 Å². The van der Waals surface area contributed by atoms with Crippen LogP contribution in [0.5, 0.6) is 0 Å². The third-order valence-electron chi connectivity index (χ3n) is 2.45. The molecule has 2 rings (SSSR count). The fourth-order valence-electron chi connectivity index (χ4n) is 1.45. The normalized spacial score (nSPS) is 10.5. The molecule has 0 aromatic carbocycles. The number of anilines is 1. The zero-order valence-electron chi connectivity index (χ0n) is 8.72. The van der Waals surface area contributed by atoms with Gasteiger partial charge < -0.3 is 5.73 Å². The Labute approximate surface area is 88.8 Å². The first-order valence-electron chi connectivity index (χ1n) is 4.95. The summed E-state index contributed by atoms with van der Waals surface area (Å²) < 4.78 is 1.91. The van der Waals surface area contributed by atoms with E-state index in [1.807, 2.05) is 29.8 Å². The van der Waals surface area contributed by atoms with Crippen LogP contribution in [0.25, 0.3) is 0 Å². The van der Waals surface area contributed by atoms with E-state index in [2.05, 4.69) is 10.1 Å². The summed E-state index contributed by atoms with van der Waals surface area (Å²) in [5.74, 6) is 0. The second-order valence-corrected chi connectivity index (χ2v) is 3.48. The van der Waals surface area contributed by atoms with Crippen LogP contribution < -0.4 is 5.73 Å². The average molecular weight is 202 g/mol. The van der Waals surface area contributed by atoms with E-state index >= 15 is 0 Å². The average Bonchev–Trinajstić information content (AvgIpc) is 2.59. The van der Waals surface area contributed by atoms with Gasteiger partial charge in [0.05, 0.1) is 17.6 Å². The molecule has 78 valence electrons. The second kappa shape index (κ2) is 4.13. The molecule has 0 atom stereocenters. The molecule has 0 saturated carbocycles. The number of nitrogens with two attached hydrogens (primary N) is 1. The molecule has 0 fully saturated rings. The summed E-state index contributed by atoms with van der Waals surface area (Å²) in [5.41, 5.74) is 8.55. The maximum absolute atomic E-state index is 5.71. The molecule has 0 aliphatic heterocycles. The lowest BCUT2D eigenvalue weighted by Gasteiger charge is -2.03. The van der Waals surface area contributed by atoms with E-state index < -0.39 is 0 Å². The van der Waals surface area contributed by atoms with Gasteiger partial charge in [-0.3, -0.25) is 9.67 Å². The molecule has 0 aliphatic rings. The van der Waals surface area contributed by atoms with Crippen molar-refractivity contribution in [2.24, 2.45) is 0 Å². The van der Waals surface area contributed by atoms with Gasteiger partial charge in [0.2, 0.25) is 0 Å². The highest BCUT2D eigenvalue weighted by molar-refractivity contribution is 5.39. The Balaban J connectivity index is 2.02. The Morgan fingerprint density at radius 3 is 2.87 bits per heavy atom. The maximum atomic E-state index is 5.71. The number of rotatable bonds is 3. The predicted octanol–water partition coefficient (Wildman–Crippen LogP) is 1.41. The van der Waals surface area contributed by atoms with E-state index in [-0.39, 0.29) is 0 Å². The van der Waals surface area contributed by atoms with Gasteiger partial charge in [-0.25, -0.2) is 0 Å². The minimum absolute atomic E-state index is 0.746. The molecule has 0 spiro atoms. The number of nitrogens with zero attached hydrogens (tertiary/aromatic N) is 3. The lowest BCUT2D eigenvalue weighted by atomic mass is 10.3. The monoisotopic (exact) mass is 202 g/mol. The molecule has 0 unspecified atom stereocenters. The van der Waals surface area contributed by atoms with Gasteiger partial charge in [0.25, 0.3) is 0 Å². The van der Waals surface area contributed by atoms with Crippen molar-refractivity contribution in [3.63, 3.8) is 0 Å². The highest BCUT2D eigenvalue weighted by Crippen LogP contribution is 2.09. The minimum atomic E-state index is 0.746. The standard InChI is InChI=1S/C11H14N4/c1-9-11(12)8-14-15(9)7-5-10-4-2-3-6-13-10/h2-4,6,8H,5,7,12H2,1H3. The van der Waals surface area contributed by atoms with Gasteiger partial charge in [-0.05, 0) is 19.1 Å². The Morgan fingerprint density at radius 1 is 1.40 bits per heavy atom. The molecule has 2 aromatic rings. The number of pyridine rings is 1. The van der Waals surface area contributed by atoms with Crippen LogP contribution in [0.2, 0.25) is 0 Å². The summed E-state index contributed by atoms with van der Waals surface area (Å²) in [7, 11) is 0. The molecule has 0 bridgehead atoms. The van der Waals surface area contributed by atoms with Crippen molar-refractivity contribution >= 4 is 5.69 Å². The van der Waals surface area contributed by atoms with Gasteiger partial charge in [-0.15, -0.1) is 0 Å². The van der Waals surface area contributed by atoms with Crippen LogP contribution >= 0.6 is 0 Å². The van der Waals surface area contributed by atoms with Crippen LogP contribution in [0, 0.1) is 6.92 Å². The molecular weight excluding hydrogens is 188 g/mol. The van der Waals surface area contributed by atoms with Crippen LogP contribution in [-0.4, -0.2) is 14.8 Å². The van der Waals surface area contributed by atoms with Crippen molar-refractivity contribution in [1.82, 2.24) is 14.8 Å². The molecule has 0 radical (unpaired) electrons. The summed E-state index contributed by atoms with van der Waals surface area (Å²) in [5, 5.41) is 4.19. The molecule has 15 heavy (non-hydrogen) atoms. The molecule has 0 saturated heterocycles. The molecule has 2 heterocycles. The number of hydrogen-bond donors (Lipinski definition) is 1. The van der Waals surface area contributed by atoms with Crippen LogP contribution in [0.4, 0.5) is 5.69 Å². The number of aromatic nitrogens is 3. The van der Waals surface area contributed by atoms with Crippen molar-refractivity contribution in [3.05, 3.63) is 42.0 Å². The van der Waals surface area contributed by atoms with Crippen LogP contribution in [-0.2, 0) is 13.0 Å². The summed E-state index contributed by atoms with van der Waals surface area (Å²) >= 11 is 0. The van der Waals surface area contributed by atoms with Crippen molar-refractivity contribution in [1.29, 1.82) is 0 Å². The first kappa shape index (κ1) is 9.71. The molecule has 4 nitrogen and oxygen atoms in total. The highest BCUT2D eigenvalue weighted by Gasteiger charge is 2.02. The van der Waals surface area contributed by atoms with E-state index in [9.17, 15) is 0 Å². The predicted molar refractivity (Wildman–Crippen MR) is 59.3 cm³/mol. The molecular formula is C11H14N4. The van der Waals surface area contributed by atoms with Crippen molar-refractivity contribution in [2.75, 3.05) is 5.73 Å². The smallest absolute Gasteiger partial charge is 0.0730 e. The topological polar surface area (TPSA) is 56.7 Å². The first-order valence-corrected chi connectivity index (χ1v) is 4.95. The Hall–Kier alpha value is -1.84. The van der Waals surface area contributed by atoms with E-state index in [1.165, 1.54) is 0 Å². The fraction of sp³-hybridized carbons (Fsp3) is 0.273. The fourth-order valence-corrected chi connectivity index (χ4v) is 1.45. The molecule has 2 N–H and O–H groups in total. The number of hydrogen-bond acceptors (Lipinski definition) is 3. The minimum Gasteiger partial charge on any atom is -0.396 e. The zero-order chi connectivity index (χ0) is 10.7. The van der Waals surface area contributed by atoms with Crippen molar-refractivity contribution in [2.45, 2.75) is 19.9 Å². The summed E-state index contributed by atoms with van der Waals surface area (Å²) in [6.45, 7) is 2.79. The molecule has 0 amide bonds. The maximum Gasteiger partial charge on any atom is 0.0730 e. The zero-order valence-corrected chi connectivity index (χ0v) is 8.72. The van der Waals surface area contributed by atoms with Crippen LogP contribution in [0.15, 0.2) is 30.6 Å². The summed E-state index contributed by atoms with van der Waals surface area (Å²) in [4.78, 5) is 4.26.